The number of carbonyl (C=O) groups is 3. The third-order valence-electron chi connectivity index (χ3n) is 5.46. The van der Waals surface area contributed by atoms with E-state index in [2.05, 4.69) is 10.6 Å². The summed E-state index contributed by atoms with van der Waals surface area (Å²) in [4.78, 5) is 40.8. The molecule has 9 heteroatoms. The minimum absolute atomic E-state index is 0.0445. The van der Waals surface area contributed by atoms with Crippen LogP contribution in [0.25, 0.3) is 0 Å². The van der Waals surface area contributed by atoms with E-state index >= 15 is 0 Å². The van der Waals surface area contributed by atoms with Crippen molar-refractivity contribution >= 4 is 29.3 Å². The molecule has 2 aromatic carbocycles. The maximum atomic E-state index is 13.5. The van der Waals surface area contributed by atoms with Gasteiger partial charge in [0.2, 0.25) is 11.8 Å². The maximum Gasteiger partial charge on any atom is 0.287 e. The van der Waals surface area contributed by atoms with Crippen LogP contribution in [0.1, 0.15) is 33.5 Å². The highest BCUT2D eigenvalue weighted by atomic mass is 35.5. The van der Waals surface area contributed by atoms with Gasteiger partial charge in [0.25, 0.3) is 5.91 Å². The summed E-state index contributed by atoms with van der Waals surface area (Å²) < 4.78 is 10.4. The molecular weight excluding hydrogens is 482 g/mol. The van der Waals surface area contributed by atoms with Crippen molar-refractivity contribution < 1.29 is 23.2 Å². The molecule has 2 N–H and O–H groups in total. The Balaban J connectivity index is 1.62. The summed E-state index contributed by atoms with van der Waals surface area (Å²) in [5.41, 5.74) is 1.26. The number of hydrogen-bond acceptors (Lipinski definition) is 5. The Bertz CT molecular complexity index is 1290. The first-order valence-electron chi connectivity index (χ1n) is 11.2. The van der Waals surface area contributed by atoms with Crippen LogP contribution in [0, 0.1) is 0 Å². The monoisotopic (exact) mass is 505 g/mol. The molecule has 0 radical (unpaired) electrons. The lowest BCUT2D eigenvalue weighted by atomic mass is 10.0. The van der Waals surface area contributed by atoms with Gasteiger partial charge in [-0.2, -0.15) is 0 Å². The Kier molecular flexibility index (Phi) is 8.20. The second-order valence-corrected chi connectivity index (χ2v) is 8.29. The molecule has 2 aromatic heterocycles. The average Bonchev–Trinajstić information content (AvgIpc) is 3.62. The maximum absolute atomic E-state index is 13.5. The Morgan fingerprint density at radius 1 is 0.833 bits per heavy atom. The van der Waals surface area contributed by atoms with Gasteiger partial charge in [-0.05, 0) is 41.5 Å². The molecule has 8 nitrogen and oxygen atoms in total. The van der Waals surface area contributed by atoms with Crippen molar-refractivity contribution in [2.24, 2.45) is 0 Å². The number of furan rings is 2. The van der Waals surface area contributed by atoms with E-state index in [4.69, 9.17) is 20.4 Å². The highest BCUT2D eigenvalue weighted by Gasteiger charge is 2.32. The van der Waals surface area contributed by atoms with Crippen molar-refractivity contribution in [2.45, 2.75) is 19.1 Å². The fraction of sp³-hybridized carbons (Fsp3) is 0.148. The number of amides is 3. The summed E-state index contributed by atoms with van der Waals surface area (Å²) in [7, 11) is 0. The summed E-state index contributed by atoms with van der Waals surface area (Å²) in [5, 5.41) is 5.86. The Morgan fingerprint density at radius 2 is 1.56 bits per heavy atom. The van der Waals surface area contributed by atoms with Gasteiger partial charge in [-0.1, -0.05) is 60.1 Å². The van der Waals surface area contributed by atoms with Gasteiger partial charge in [-0.25, -0.2) is 0 Å². The normalized spacial score (nSPS) is 11.5. The Hall–Kier alpha value is -4.30. The second-order valence-electron chi connectivity index (χ2n) is 7.88. The smallest absolute Gasteiger partial charge is 0.287 e. The van der Waals surface area contributed by atoms with Gasteiger partial charge >= 0.3 is 0 Å². The molecule has 0 spiro atoms. The summed E-state index contributed by atoms with van der Waals surface area (Å²) in [6.07, 6.45) is 2.89. The van der Waals surface area contributed by atoms with Gasteiger partial charge in [-0.3, -0.25) is 14.4 Å². The molecule has 0 aliphatic heterocycles. The third-order valence-corrected chi connectivity index (χ3v) is 5.83. The fourth-order valence-electron chi connectivity index (χ4n) is 3.68. The van der Waals surface area contributed by atoms with Crippen molar-refractivity contribution in [3.63, 3.8) is 0 Å². The molecule has 0 saturated heterocycles. The molecule has 0 bridgehead atoms. The molecule has 36 heavy (non-hydrogen) atoms. The number of hydrogen-bond donors (Lipinski definition) is 2. The van der Waals surface area contributed by atoms with Crippen LogP contribution < -0.4 is 10.6 Å². The predicted molar refractivity (Wildman–Crippen MR) is 133 cm³/mol. The van der Waals surface area contributed by atoms with Crippen LogP contribution in [0.5, 0.6) is 0 Å². The molecule has 184 valence electrons. The third kappa shape index (κ3) is 6.22. The van der Waals surface area contributed by atoms with E-state index in [0.717, 1.165) is 0 Å². The van der Waals surface area contributed by atoms with E-state index in [1.165, 1.54) is 23.5 Å². The number of halogens is 1. The van der Waals surface area contributed by atoms with Crippen LogP contribution in [-0.2, 0) is 22.7 Å². The van der Waals surface area contributed by atoms with Gasteiger partial charge in [0, 0.05) is 11.6 Å². The van der Waals surface area contributed by atoms with Crippen LogP contribution in [0.3, 0.4) is 0 Å². The zero-order valence-electron chi connectivity index (χ0n) is 19.2. The highest BCUT2D eigenvalue weighted by Crippen LogP contribution is 2.26. The number of carbonyl (C=O) groups excluding carboxylic acids is 3. The van der Waals surface area contributed by atoms with E-state index in [0.29, 0.717) is 21.9 Å². The van der Waals surface area contributed by atoms with Crippen molar-refractivity contribution in [1.82, 2.24) is 15.5 Å². The molecule has 4 rings (SSSR count). The van der Waals surface area contributed by atoms with E-state index in [9.17, 15) is 14.4 Å². The van der Waals surface area contributed by atoms with Crippen LogP contribution in [-0.4, -0.2) is 29.2 Å². The van der Waals surface area contributed by atoms with Gasteiger partial charge in [0.05, 0.1) is 25.6 Å². The van der Waals surface area contributed by atoms with Crippen LogP contribution in [0.2, 0.25) is 5.02 Å². The molecule has 2 heterocycles. The van der Waals surface area contributed by atoms with Gasteiger partial charge < -0.3 is 24.4 Å². The first-order valence-corrected chi connectivity index (χ1v) is 11.6. The van der Waals surface area contributed by atoms with Crippen molar-refractivity contribution in [3.05, 3.63) is 119 Å². The zero-order chi connectivity index (χ0) is 25.3. The largest absolute Gasteiger partial charge is 0.467 e. The Labute approximate surface area is 212 Å². The number of nitrogens with one attached hydrogen (secondary N) is 2. The molecule has 0 aliphatic rings. The van der Waals surface area contributed by atoms with Gasteiger partial charge in [0.1, 0.15) is 11.8 Å². The van der Waals surface area contributed by atoms with Crippen molar-refractivity contribution in [1.29, 1.82) is 0 Å². The molecule has 0 unspecified atom stereocenters. The minimum Gasteiger partial charge on any atom is -0.467 e. The molecule has 0 aliphatic carbocycles. The summed E-state index contributed by atoms with van der Waals surface area (Å²) in [6.45, 7) is -0.153. The number of rotatable bonds is 10. The lowest BCUT2D eigenvalue weighted by Gasteiger charge is -2.32. The van der Waals surface area contributed by atoms with E-state index in [1.807, 2.05) is 6.07 Å². The predicted octanol–water partition coefficient (Wildman–Crippen LogP) is 4.34. The van der Waals surface area contributed by atoms with Gasteiger partial charge in [0.15, 0.2) is 5.76 Å². The van der Waals surface area contributed by atoms with Crippen LogP contribution in [0.4, 0.5) is 0 Å². The van der Waals surface area contributed by atoms with Crippen LogP contribution in [0.15, 0.2) is 100 Å². The molecule has 4 aromatic rings. The number of nitrogens with zero attached hydrogens (tertiary/aromatic N) is 1. The molecule has 1 atom stereocenters. The Morgan fingerprint density at radius 3 is 2.25 bits per heavy atom. The SMILES string of the molecule is O=C(NCC(=O)N(Cc1ccccc1Cl)[C@H](C(=O)NCc1ccco1)c1ccccc1)c1ccco1. The first-order chi connectivity index (χ1) is 17.5. The van der Waals surface area contributed by atoms with Crippen LogP contribution >= 0.6 is 11.6 Å². The molecule has 3 amide bonds. The molecule has 0 fully saturated rings. The topological polar surface area (TPSA) is 105 Å². The van der Waals surface area contributed by atoms with Crippen molar-refractivity contribution in [2.75, 3.05) is 6.54 Å². The first kappa shape index (κ1) is 24.8. The summed E-state index contributed by atoms with van der Waals surface area (Å²) >= 11 is 6.39. The quantitative estimate of drug-likeness (QED) is 0.333. The van der Waals surface area contributed by atoms with Gasteiger partial charge in [-0.15, -0.1) is 0 Å². The molecular formula is C27H24ClN3O5. The zero-order valence-corrected chi connectivity index (χ0v) is 20.0. The molecule has 0 saturated carbocycles. The van der Waals surface area contributed by atoms with Crippen molar-refractivity contribution in [3.8, 4) is 0 Å². The summed E-state index contributed by atoms with van der Waals surface area (Å²) in [5.74, 6) is -0.766. The fourth-order valence-corrected chi connectivity index (χ4v) is 3.87. The van der Waals surface area contributed by atoms with E-state index < -0.39 is 23.8 Å². The van der Waals surface area contributed by atoms with E-state index in [1.54, 1.807) is 66.7 Å². The summed E-state index contributed by atoms with van der Waals surface area (Å²) in [6, 6.07) is 21.6. The number of benzene rings is 2. The average molecular weight is 506 g/mol. The lowest BCUT2D eigenvalue weighted by molar-refractivity contribution is -0.141. The van der Waals surface area contributed by atoms with E-state index in [-0.39, 0.29) is 25.4 Å². The standard InChI is InChI=1S/C27H24ClN3O5/c28-22-12-5-4-10-20(22)18-31(24(32)17-30-26(33)23-13-7-15-36-23)25(19-8-2-1-3-9-19)27(34)29-16-21-11-6-14-35-21/h1-15,25H,16-18H2,(H,29,34)(H,30,33)/t25-/m0/s1. The second kappa shape index (κ2) is 11.9. The highest BCUT2D eigenvalue weighted by molar-refractivity contribution is 6.31. The minimum atomic E-state index is -0.995. The lowest BCUT2D eigenvalue weighted by Crippen LogP contribution is -2.46.